The van der Waals surface area contributed by atoms with Gasteiger partial charge in [0.15, 0.2) is 0 Å². The molecule has 14 heavy (non-hydrogen) atoms. The maximum Gasteiger partial charge on any atom is 0.109 e. The van der Waals surface area contributed by atoms with Crippen LogP contribution in [0.1, 0.15) is 12.0 Å². The molecule has 1 aromatic rings. The minimum absolute atomic E-state index is 0.150. The maximum atomic E-state index is 6.18. The first-order valence-electron chi connectivity index (χ1n) is 4.92. The summed E-state index contributed by atoms with van der Waals surface area (Å²) >= 11 is 6.18. The van der Waals surface area contributed by atoms with Gasteiger partial charge in [-0.05, 0) is 12.5 Å². The highest BCUT2D eigenvalue weighted by atomic mass is 35.5. The van der Waals surface area contributed by atoms with E-state index in [1.807, 2.05) is 18.2 Å². The molecule has 0 spiro atoms. The van der Waals surface area contributed by atoms with Gasteiger partial charge in [0.1, 0.15) is 5.60 Å². The molecule has 3 rings (SSSR count). The first-order valence-corrected chi connectivity index (χ1v) is 5.30. The molecule has 0 saturated carbocycles. The summed E-state index contributed by atoms with van der Waals surface area (Å²) in [5.74, 6) is 0. The molecule has 2 unspecified atom stereocenters. The van der Waals surface area contributed by atoms with E-state index >= 15 is 0 Å². The Morgan fingerprint density at radius 3 is 2.86 bits per heavy atom. The lowest BCUT2D eigenvalue weighted by atomic mass is 9.93. The van der Waals surface area contributed by atoms with Crippen LogP contribution in [0.5, 0.6) is 0 Å². The van der Waals surface area contributed by atoms with E-state index in [2.05, 4.69) is 11.4 Å². The highest BCUT2D eigenvalue weighted by molar-refractivity contribution is 6.31. The Morgan fingerprint density at radius 1 is 1.43 bits per heavy atom. The molecule has 1 N–H and O–H groups in total. The van der Waals surface area contributed by atoms with E-state index in [-0.39, 0.29) is 5.60 Å². The first-order chi connectivity index (χ1) is 6.80. The summed E-state index contributed by atoms with van der Waals surface area (Å²) in [6.45, 7) is 1.70. The van der Waals surface area contributed by atoms with E-state index in [1.165, 1.54) is 0 Å². The van der Waals surface area contributed by atoms with Crippen molar-refractivity contribution in [3.05, 3.63) is 34.9 Å². The van der Waals surface area contributed by atoms with Gasteiger partial charge in [-0.2, -0.15) is 0 Å². The molecule has 2 aliphatic rings. The third kappa shape index (κ3) is 1.11. The maximum absolute atomic E-state index is 6.18. The van der Waals surface area contributed by atoms with Gasteiger partial charge in [0, 0.05) is 23.2 Å². The van der Waals surface area contributed by atoms with Crippen molar-refractivity contribution >= 4 is 11.6 Å². The molecule has 2 fully saturated rings. The summed E-state index contributed by atoms with van der Waals surface area (Å²) in [6, 6.07) is 8.49. The van der Waals surface area contributed by atoms with Gasteiger partial charge >= 0.3 is 0 Å². The highest BCUT2D eigenvalue weighted by Gasteiger charge is 2.48. The summed E-state index contributed by atoms with van der Waals surface area (Å²) < 4.78 is 5.86. The fraction of sp³-hybridized carbons (Fsp3) is 0.455. The Kier molecular flexibility index (Phi) is 1.84. The summed E-state index contributed by atoms with van der Waals surface area (Å²) in [5.41, 5.74) is 0.984. The zero-order valence-electron chi connectivity index (χ0n) is 7.79. The van der Waals surface area contributed by atoms with Crippen LogP contribution in [0, 0.1) is 0 Å². The van der Waals surface area contributed by atoms with Gasteiger partial charge in [-0.3, -0.25) is 0 Å². The zero-order valence-corrected chi connectivity index (χ0v) is 8.55. The Bertz CT molecular complexity index is 358. The molecule has 2 nitrogen and oxygen atoms in total. The summed E-state index contributed by atoms with van der Waals surface area (Å²) in [6.07, 6.45) is 1.05. The van der Waals surface area contributed by atoms with E-state index < -0.39 is 0 Å². The molecule has 74 valence electrons. The fourth-order valence-electron chi connectivity index (χ4n) is 2.45. The van der Waals surface area contributed by atoms with Crippen molar-refractivity contribution in [3.63, 3.8) is 0 Å². The van der Waals surface area contributed by atoms with Crippen LogP contribution in [0.2, 0.25) is 5.02 Å². The standard InChI is InChI=1S/C11H12ClNO/c12-10-4-2-1-3-9(10)11-5-8(6-14-11)13-7-11/h1-4,8,13H,5-7H2. The van der Waals surface area contributed by atoms with Gasteiger partial charge in [0.2, 0.25) is 0 Å². The second kappa shape index (κ2) is 2.96. The van der Waals surface area contributed by atoms with Crippen molar-refractivity contribution in [2.45, 2.75) is 18.1 Å². The molecule has 2 bridgehead atoms. The molecule has 2 saturated heterocycles. The van der Waals surface area contributed by atoms with Crippen LogP contribution in [0.25, 0.3) is 0 Å². The van der Waals surface area contributed by atoms with Gasteiger partial charge in [0.25, 0.3) is 0 Å². The van der Waals surface area contributed by atoms with Crippen LogP contribution in [0.3, 0.4) is 0 Å². The van der Waals surface area contributed by atoms with Gasteiger partial charge in [-0.25, -0.2) is 0 Å². The normalized spacial score (nSPS) is 35.1. The molecule has 3 heteroatoms. The summed E-state index contributed by atoms with van der Waals surface area (Å²) in [7, 11) is 0. The number of rotatable bonds is 1. The first kappa shape index (κ1) is 8.72. The highest BCUT2D eigenvalue weighted by Crippen LogP contribution is 2.42. The van der Waals surface area contributed by atoms with Crippen molar-refractivity contribution in [1.29, 1.82) is 0 Å². The van der Waals surface area contributed by atoms with Crippen LogP contribution in [0.4, 0.5) is 0 Å². The van der Waals surface area contributed by atoms with E-state index in [4.69, 9.17) is 16.3 Å². The quantitative estimate of drug-likeness (QED) is 0.763. The number of fused-ring (bicyclic) bond motifs is 2. The SMILES string of the molecule is Clc1ccccc1C12CNC(CO1)C2. The van der Waals surface area contributed by atoms with Crippen molar-refractivity contribution in [2.75, 3.05) is 13.2 Å². The number of nitrogens with one attached hydrogen (secondary N) is 1. The smallest absolute Gasteiger partial charge is 0.109 e. The van der Waals surface area contributed by atoms with Crippen molar-refractivity contribution in [3.8, 4) is 0 Å². The van der Waals surface area contributed by atoms with Crippen LogP contribution >= 0.6 is 11.6 Å². The van der Waals surface area contributed by atoms with Crippen molar-refractivity contribution < 1.29 is 4.74 Å². The summed E-state index contributed by atoms with van der Waals surface area (Å²) in [5, 5.41) is 4.26. The average Bonchev–Trinajstić information content (AvgIpc) is 2.79. The number of halogens is 1. The average molecular weight is 210 g/mol. The molecular formula is C11H12ClNO. The largest absolute Gasteiger partial charge is 0.367 e. The van der Waals surface area contributed by atoms with Gasteiger partial charge in [-0.15, -0.1) is 0 Å². The number of hydrogen-bond acceptors (Lipinski definition) is 2. The molecule has 0 amide bonds. The molecule has 2 heterocycles. The van der Waals surface area contributed by atoms with Crippen molar-refractivity contribution in [1.82, 2.24) is 5.32 Å². The molecular weight excluding hydrogens is 198 g/mol. The van der Waals surface area contributed by atoms with Crippen molar-refractivity contribution in [2.24, 2.45) is 0 Å². The van der Waals surface area contributed by atoms with E-state index in [1.54, 1.807) is 0 Å². The zero-order chi connectivity index (χ0) is 9.60. The third-order valence-electron chi connectivity index (χ3n) is 3.18. The Hall–Kier alpha value is -0.570. The predicted octanol–water partition coefficient (Wildman–Crippen LogP) is 1.93. The van der Waals surface area contributed by atoms with E-state index in [0.717, 1.165) is 30.2 Å². The Balaban J connectivity index is 2.06. The fourth-order valence-corrected chi connectivity index (χ4v) is 2.76. The lowest BCUT2D eigenvalue weighted by Gasteiger charge is -2.27. The summed E-state index contributed by atoms with van der Waals surface area (Å²) in [4.78, 5) is 0. The van der Waals surface area contributed by atoms with E-state index in [9.17, 15) is 0 Å². The topological polar surface area (TPSA) is 21.3 Å². The monoisotopic (exact) mass is 209 g/mol. The van der Waals surface area contributed by atoms with E-state index in [0.29, 0.717) is 6.04 Å². The molecule has 2 atom stereocenters. The Labute approximate surface area is 88.2 Å². The third-order valence-corrected chi connectivity index (χ3v) is 3.51. The van der Waals surface area contributed by atoms with Gasteiger partial charge in [-0.1, -0.05) is 29.8 Å². The Morgan fingerprint density at radius 2 is 2.29 bits per heavy atom. The number of hydrogen-bond donors (Lipinski definition) is 1. The second-order valence-electron chi connectivity index (χ2n) is 4.07. The minimum atomic E-state index is -0.150. The molecule has 0 radical (unpaired) electrons. The predicted molar refractivity (Wildman–Crippen MR) is 55.5 cm³/mol. The number of morpholine rings is 1. The van der Waals surface area contributed by atoms with Gasteiger partial charge < -0.3 is 10.1 Å². The molecule has 2 aliphatic heterocycles. The number of benzene rings is 1. The van der Waals surface area contributed by atoms with Crippen LogP contribution in [-0.2, 0) is 10.3 Å². The van der Waals surface area contributed by atoms with Crippen LogP contribution in [-0.4, -0.2) is 19.2 Å². The molecule has 0 aromatic heterocycles. The van der Waals surface area contributed by atoms with Crippen LogP contribution < -0.4 is 5.32 Å². The molecule has 1 aromatic carbocycles. The van der Waals surface area contributed by atoms with Crippen LogP contribution in [0.15, 0.2) is 24.3 Å². The lowest BCUT2D eigenvalue weighted by molar-refractivity contribution is -0.00950. The van der Waals surface area contributed by atoms with Gasteiger partial charge in [0.05, 0.1) is 6.61 Å². The lowest BCUT2D eigenvalue weighted by Crippen LogP contribution is -2.37. The second-order valence-corrected chi connectivity index (χ2v) is 4.47. The molecule has 0 aliphatic carbocycles. The number of ether oxygens (including phenoxy) is 1. The minimum Gasteiger partial charge on any atom is -0.367 e.